The largest absolute Gasteiger partial charge is 0.369 e. The number of primary amides is 1. The third-order valence-corrected chi connectivity index (χ3v) is 2.63. The van der Waals surface area contributed by atoms with E-state index < -0.39 is 17.7 Å². The summed E-state index contributed by atoms with van der Waals surface area (Å²) in [5.41, 5.74) is 5.55. The highest BCUT2D eigenvalue weighted by Crippen LogP contribution is 2.23. The van der Waals surface area contributed by atoms with Crippen molar-refractivity contribution in [3.05, 3.63) is 28.2 Å². The number of hydrogen-bond donors (Lipinski definition) is 2. The number of rotatable bonds is 4. The molecule has 1 rings (SSSR count). The zero-order valence-corrected chi connectivity index (χ0v) is 10.7. The Morgan fingerprint density at radius 2 is 1.82 bits per heavy atom. The Kier molecular flexibility index (Phi) is 4.78. The van der Waals surface area contributed by atoms with Gasteiger partial charge in [-0.1, -0.05) is 30.1 Å². The summed E-state index contributed by atoms with van der Waals surface area (Å²) in [6.45, 7) is 1.71. The monoisotopic (exact) mass is 274 g/mol. The van der Waals surface area contributed by atoms with Gasteiger partial charge in [0.25, 0.3) is 0 Å². The molecule has 0 aliphatic rings. The Labute approximate surface area is 109 Å². The lowest BCUT2D eigenvalue weighted by Crippen LogP contribution is -2.33. The van der Waals surface area contributed by atoms with E-state index in [1.54, 1.807) is 25.1 Å². The van der Waals surface area contributed by atoms with Crippen LogP contribution in [-0.4, -0.2) is 11.8 Å². The third kappa shape index (κ3) is 3.91. The molecule has 4 nitrogen and oxygen atoms in total. The Bertz CT molecular complexity index is 429. The van der Waals surface area contributed by atoms with Crippen molar-refractivity contribution in [2.75, 3.05) is 5.32 Å². The van der Waals surface area contributed by atoms with Crippen LogP contribution < -0.4 is 11.1 Å². The Morgan fingerprint density at radius 3 is 2.24 bits per heavy atom. The first-order valence-electron chi connectivity index (χ1n) is 5.00. The predicted molar refractivity (Wildman–Crippen MR) is 68.1 cm³/mol. The molecular formula is C11H12Cl2N2O2. The lowest BCUT2D eigenvalue weighted by molar-refractivity contribution is -0.130. The highest BCUT2D eigenvalue weighted by Gasteiger charge is 2.22. The van der Waals surface area contributed by atoms with E-state index >= 15 is 0 Å². The third-order valence-electron chi connectivity index (χ3n) is 2.20. The normalized spacial score (nSPS) is 11.9. The molecule has 17 heavy (non-hydrogen) atoms. The van der Waals surface area contributed by atoms with Crippen molar-refractivity contribution in [1.82, 2.24) is 0 Å². The van der Waals surface area contributed by atoms with E-state index in [1.165, 1.54) is 0 Å². The number of carbonyl (C=O) groups is 2. The summed E-state index contributed by atoms with van der Waals surface area (Å²) >= 11 is 11.6. The molecule has 0 aliphatic carbocycles. The molecule has 0 saturated heterocycles. The molecule has 3 N–H and O–H groups in total. The van der Waals surface area contributed by atoms with Gasteiger partial charge in [0.2, 0.25) is 11.8 Å². The second-order valence-electron chi connectivity index (χ2n) is 3.51. The van der Waals surface area contributed by atoms with E-state index in [0.29, 0.717) is 22.2 Å². The quantitative estimate of drug-likeness (QED) is 0.828. The minimum atomic E-state index is -0.854. The van der Waals surface area contributed by atoms with Crippen LogP contribution in [0.2, 0.25) is 10.0 Å². The molecule has 0 fully saturated rings. The van der Waals surface area contributed by atoms with E-state index in [4.69, 9.17) is 28.9 Å². The van der Waals surface area contributed by atoms with Crippen LogP contribution in [0, 0.1) is 5.92 Å². The minimum absolute atomic E-state index is 0.343. The summed E-state index contributed by atoms with van der Waals surface area (Å²) in [5, 5.41) is 3.35. The number of amides is 2. The number of nitrogens with one attached hydrogen (secondary N) is 1. The molecule has 0 bridgehead atoms. The maximum Gasteiger partial charge on any atom is 0.236 e. The fourth-order valence-corrected chi connectivity index (χ4v) is 1.90. The molecule has 0 spiro atoms. The van der Waals surface area contributed by atoms with Crippen LogP contribution in [0.5, 0.6) is 0 Å². The highest BCUT2D eigenvalue weighted by molar-refractivity contribution is 6.35. The van der Waals surface area contributed by atoms with Crippen molar-refractivity contribution in [2.45, 2.75) is 13.3 Å². The smallest absolute Gasteiger partial charge is 0.236 e. The Hall–Kier alpha value is -1.26. The average molecular weight is 275 g/mol. The fraction of sp³-hybridized carbons (Fsp3) is 0.273. The first-order valence-corrected chi connectivity index (χ1v) is 5.76. The summed E-state index contributed by atoms with van der Waals surface area (Å²) in [7, 11) is 0. The number of hydrogen-bond acceptors (Lipinski definition) is 2. The van der Waals surface area contributed by atoms with Crippen LogP contribution >= 0.6 is 23.2 Å². The summed E-state index contributed by atoms with van der Waals surface area (Å²) < 4.78 is 0. The molecule has 0 saturated carbocycles. The van der Waals surface area contributed by atoms with Crippen molar-refractivity contribution in [3.8, 4) is 0 Å². The number of halogens is 2. The van der Waals surface area contributed by atoms with Crippen molar-refractivity contribution >= 4 is 40.7 Å². The second-order valence-corrected chi connectivity index (χ2v) is 4.38. The SMILES string of the molecule is CCC(C(N)=O)C(=O)Nc1cc(Cl)cc(Cl)c1. The standard InChI is InChI=1S/C11H12Cl2N2O2/c1-2-9(10(14)16)11(17)15-8-4-6(12)3-7(13)5-8/h3-5,9H,2H2,1H3,(H2,14,16)(H,15,17). The van der Waals surface area contributed by atoms with Gasteiger partial charge >= 0.3 is 0 Å². The van der Waals surface area contributed by atoms with Gasteiger partial charge in [-0.25, -0.2) is 0 Å². The minimum Gasteiger partial charge on any atom is -0.369 e. The van der Waals surface area contributed by atoms with Gasteiger partial charge in [0, 0.05) is 15.7 Å². The molecule has 1 aromatic rings. The van der Waals surface area contributed by atoms with E-state index in [1.807, 2.05) is 0 Å². The molecule has 1 aromatic carbocycles. The van der Waals surface area contributed by atoms with Gasteiger partial charge < -0.3 is 11.1 Å². The summed E-state index contributed by atoms with van der Waals surface area (Å²) in [6, 6.07) is 4.63. The summed E-state index contributed by atoms with van der Waals surface area (Å²) in [6.07, 6.45) is 0.343. The topological polar surface area (TPSA) is 72.2 Å². The first-order chi connectivity index (χ1) is 7.93. The molecule has 92 valence electrons. The molecule has 2 amide bonds. The molecular weight excluding hydrogens is 263 g/mol. The van der Waals surface area contributed by atoms with Crippen LogP contribution in [0.3, 0.4) is 0 Å². The molecule has 0 heterocycles. The van der Waals surface area contributed by atoms with Crippen LogP contribution in [0.1, 0.15) is 13.3 Å². The summed E-state index contributed by atoms with van der Waals surface area (Å²) in [5.74, 6) is -1.97. The highest BCUT2D eigenvalue weighted by atomic mass is 35.5. The van der Waals surface area contributed by atoms with Crippen molar-refractivity contribution < 1.29 is 9.59 Å². The van der Waals surface area contributed by atoms with Crippen LogP contribution in [0.4, 0.5) is 5.69 Å². The molecule has 6 heteroatoms. The molecule has 0 aliphatic heterocycles. The van der Waals surface area contributed by atoms with Gasteiger partial charge in [-0.2, -0.15) is 0 Å². The number of nitrogens with two attached hydrogens (primary N) is 1. The first kappa shape index (κ1) is 13.8. The van der Waals surface area contributed by atoms with E-state index in [9.17, 15) is 9.59 Å². The van der Waals surface area contributed by atoms with E-state index in [-0.39, 0.29) is 0 Å². The Balaban J connectivity index is 2.83. The number of anilines is 1. The maximum atomic E-state index is 11.7. The zero-order valence-electron chi connectivity index (χ0n) is 9.17. The van der Waals surface area contributed by atoms with Crippen molar-refractivity contribution in [3.63, 3.8) is 0 Å². The van der Waals surface area contributed by atoms with Crippen LogP contribution in [0.15, 0.2) is 18.2 Å². The van der Waals surface area contributed by atoms with Gasteiger partial charge in [0.1, 0.15) is 5.92 Å². The second kappa shape index (κ2) is 5.89. The van der Waals surface area contributed by atoms with Gasteiger partial charge in [0.15, 0.2) is 0 Å². The molecule has 0 aromatic heterocycles. The fourth-order valence-electron chi connectivity index (χ4n) is 1.37. The number of benzene rings is 1. The van der Waals surface area contributed by atoms with Gasteiger partial charge in [-0.15, -0.1) is 0 Å². The van der Waals surface area contributed by atoms with Crippen molar-refractivity contribution in [2.24, 2.45) is 11.7 Å². The van der Waals surface area contributed by atoms with Crippen molar-refractivity contribution in [1.29, 1.82) is 0 Å². The Morgan fingerprint density at radius 1 is 1.29 bits per heavy atom. The number of carbonyl (C=O) groups excluding carboxylic acids is 2. The van der Waals surface area contributed by atoms with Crippen LogP contribution in [-0.2, 0) is 9.59 Å². The van der Waals surface area contributed by atoms with Crippen LogP contribution in [0.25, 0.3) is 0 Å². The maximum absolute atomic E-state index is 11.7. The van der Waals surface area contributed by atoms with E-state index in [0.717, 1.165) is 0 Å². The van der Waals surface area contributed by atoms with Gasteiger partial charge in [-0.05, 0) is 24.6 Å². The molecule has 1 unspecified atom stereocenters. The lowest BCUT2D eigenvalue weighted by Gasteiger charge is -2.11. The molecule has 1 atom stereocenters. The average Bonchev–Trinajstić information content (AvgIpc) is 2.15. The zero-order chi connectivity index (χ0) is 13.0. The molecule has 0 radical (unpaired) electrons. The lowest BCUT2D eigenvalue weighted by atomic mass is 10.1. The van der Waals surface area contributed by atoms with Gasteiger partial charge in [0.05, 0.1) is 0 Å². The summed E-state index contributed by atoms with van der Waals surface area (Å²) in [4.78, 5) is 22.7. The van der Waals surface area contributed by atoms with E-state index in [2.05, 4.69) is 5.32 Å². The predicted octanol–water partition coefficient (Wildman–Crippen LogP) is 2.44. The van der Waals surface area contributed by atoms with Gasteiger partial charge in [-0.3, -0.25) is 9.59 Å².